The molecule has 0 N–H and O–H groups in total. The van der Waals surface area contributed by atoms with Crippen LogP contribution in [0, 0.1) is 0 Å². The Morgan fingerprint density at radius 2 is 1.27 bits per heavy atom. The van der Waals surface area contributed by atoms with Crippen LogP contribution >= 0.6 is 0 Å². The number of anilines is 2. The first-order valence-electron chi connectivity index (χ1n) is 7.87. The molecule has 0 aliphatic carbocycles. The molecule has 22 heavy (non-hydrogen) atoms. The van der Waals surface area contributed by atoms with Crippen molar-refractivity contribution < 1.29 is 4.74 Å². The first kappa shape index (κ1) is 16.6. The first-order valence-corrected chi connectivity index (χ1v) is 11.4. The third kappa shape index (κ3) is 3.71. The van der Waals surface area contributed by atoms with Gasteiger partial charge < -0.3 is 9.64 Å². The van der Waals surface area contributed by atoms with E-state index in [0.29, 0.717) is 6.04 Å². The number of ether oxygens (including phenoxy) is 1. The van der Waals surface area contributed by atoms with Gasteiger partial charge in [0.25, 0.3) is 0 Å². The van der Waals surface area contributed by atoms with Gasteiger partial charge in [0.05, 0.1) is 15.2 Å². The van der Waals surface area contributed by atoms with E-state index in [1.165, 1.54) is 16.6 Å². The minimum absolute atomic E-state index is 0.395. The predicted octanol–water partition coefficient (Wildman–Crippen LogP) is 4.79. The second-order valence-corrected chi connectivity index (χ2v) is 12.0. The molecule has 0 heterocycles. The van der Waals surface area contributed by atoms with Crippen LogP contribution in [0.5, 0.6) is 5.75 Å². The van der Waals surface area contributed by atoms with E-state index in [2.05, 4.69) is 74.8 Å². The summed E-state index contributed by atoms with van der Waals surface area (Å²) < 4.78 is 5.25. The smallest absolute Gasteiger partial charge is 0.119 e. The Hall–Kier alpha value is -1.74. The van der Waals surface area contributed by atoms with Crippen LogP contribution < -0.4 is 14.8 Å². The van der Waals surface area contributed by atoms with E-state index < -0.39 is 8.07 Å². The summed E-state index contributed by atoms with van der Waals surface area (Å²) in [5, 5.41) is 1.50. The minimum atomic E-state index is -1.24. The van der Waals surface area contributed by atoms with Gasteiger partial charge in [-0.25, -0.2) is 0 Å². The molecule has 0 aliphatic heterocycles. The molecule has 0 fully saturated rings. The van der Waals surface area contributed by atoms with Crippen molar-refractivity contribution in [2.45, 2.75) is 39.5 Å². The lowest BCUT2D eigenvalue weighted by Gasteiger charge is -2.30. The molecule has 0 atom stereocenters. The number of nitrogens with zero attached hydrogens (tertiary/aromatic N) is 1. The van der Waals surface area contributed by atoms with Crippen LogP contribution in [0.15, 0.2) is 48.5 Å². The molecule has 2 aromatic rings. The monoisotopic (exact) mass is 313 g/mol. The minimum Gasteiger partial charge on any atom is -0.497 e. The topological polar surface area (TPSA) is 12.5 Å². The van der Waals surface area contributed by atoms with Gasteiger partial charge in [0.15, 0.2) is 0 Å². The lowest BCUT2D eigenvalue weighted by Crippen LogP contribution is -2.37. The van der Waals surface area contributed by atoms with E-state index in [-0.39, 0.29) is 0 Å². The quantitative estimate of drug-likeness (QED) is 0.736. The van der Waals surface area contributed by atoms with Crippen LogP contribution in [0.4, 0.5) is 11.4 Å². The molecule has 0 aromatic heterocycles. The molecular weight excluding hydrogens is 286 g/mol. The fraction of sp³-hybridized carbons (Fsp3) is 0.368. The Balaban J connectivity index is 2.35. The Morgan fingerprint density at radius 1 is 0.818 bits per heavy atom. The summed E-state index contributed by atoms with van der Waals surface area (Å²) in [4.78, 5) is 2.35. The molecule has 0 aliphatic rings. The fourth-order valence-corrected chi connectivity index (χ4v) is 3.78. The summed E-state index contributed by atoms with van der Waals surface area (Å²) in [5.74, 6) is 0.890. The number of benzene rings is 2. The van der Waals surface area contributed by atoms with Crippen molar-refractivity contribution in [2.24, 2.45) is 0 Å². The predicted molar refractivity (Wildman–Crippen MR) is 99.7 cm³/mol. The van der Waals surface area contributed by atoms with Gasteiger partial charge in [-0.2, -0.15) is 0 Å². The van der Waals surface area contributed by atoms with Gasteiger partial charge in [0, 0.05) is 17.4 Å². The largest absolute Gasteiger partial charge is 0.497 e. The molecule has 3 heteroatoms. The van der Waals surface area contributed by atoms with Crippen molar-refractivity contribution in [3.05, 3.63) is 48.5 Å². The molecule has 0 saturated heterocycles. The van der Waals surface area contributed by atoms with Gasteiger partial charge >= 0.3 is 0 Å². The number of rotatable bonds is 5. The van der Waals surface area contributed by atoms with Gasteiger partial charge in [-0.3, -0.25) is 0 Å². The van der Waals surface area contributed by atoms with E-state index in [1.54, 1.807) is 7.11 Å². The molecular formula is C19H27NOSi. The average molecular weight is 314 g/mol. The zero-order valence-corrected chi connectivity index (χ0v) is 15.6. The van der Waals surface area contributed by atoms with Gasteiger partial charge in [-0.1, -0.05) is 37.0 Å². The molecule has 0 spiro atoms. The average Bonchev–Trinajstić information content (AvgIpc) is 2.47. The Labute approximate surface area is 135 Å². The molecule has 0 saturated carbocycles. The van der Waals surface area contributed by atoms with Crippen molar-refractivity contribution >= 4 is 24.6 Å². The van der Waals surface area contributed by atoms with Crippen LogP contribution in [0.1, 0.15) is 13.8 Å². The summed E-state index contributed by atoms with van der Waals surface area (Å²) in [5.41, 5.74) is 2.43. The highest BCUT2D eigenvalue weighted by Crippen LogP contribution is 2.29. The van der Waals surface area contributed by atoms with E-state index in [0.717, 1.165) is 5.75 Å². The Kier molecular flexibility index (Phi) is 4.96. The molecule has 2 aromatic carbocycles. The summed E-state index contributed by atoms with van der Waals surface area (Å²) >= 11 is 0. The molecule has 0 amide bonds. The third-order valence-electron chi connectivity index (χ3n) is 3.88. The van der Waals surface area contributed by atoms with Crippen LogP contribution in [-0.2, 0) is 0 Å². The number of hydrogen-bond donors (Lipinski definition) is 0. The highest BCUT2D eigenvalue weighted by Gasteiger charge is 2.18. The van der Waals surface area contributed by atoms with Crippen LogP contribution in [-0.4, -0.2) is 21.2 Å². The molecule has 118 valence electrons. The van der Waals surface area contributed by atoms with Crippen molar-refractivity contribution in [1.29, 1.82) is 0 Å². The molecule has 2 nitrogen and oxygen atoms in total. The van der Waals surface area contributed by atoms with Crippen LogP contribution in [0.3, 0.4) is 0 Å². The van der Waals surface area contributed by atoms with E-state index in [4.69, 9.17) is 4.74 Å². The maximum Gasteiger partial charge on any atom is 0.119 e. The second kappa shape index (κ2) is 6.57. The lowest BCUT2D eigenvalue weighted by molar-refractivity contribution is 0.415. The number of methoxy groups -OCH3 is 1. The highest BCUT2D eigenvalue weighted by molar-refractivity contribution is 6.88. The van der Waals surface area contributed by atoms with E-state index >= 15 is 0 Å². The van der Waals surface area contributed by atoms with Crippen molar-refractivity contribution in [2.75, 3.05) is 12.0 Å². The summed E-state index contributed by atoms with van der Waals surface area (Å²) in [6.07, 6.45) is 0. The molecule has 0 unspecified atom stereocenters. The summed E-state index contributed by atoms with van der Waals surface area (Å²) in [7, 11) is 0.454. The standard InChI is InChI=1S/C19H27NOSi/c1-15(2)20(16-7-11-18(21-3)12-8-16)17-9-13-19(14-10-17)22(4,5)6/h7-15H,1-6H3. The third-order valence-corrected chi connectivity index (χ3v) is 5.94. The Bertz CT molecular complexity index is 597. The van der Waals surface area contributed by atoms with E-state index in [9.17, 15) is 0 Å². The maximum atomic E-state index is 5.25. The Morgan fingerprint density at radius 3 is 1.64 bits per heavy atom. The fourth-order valence-electron chi connectivity index (χ4n) is 2.61. The van der Waals surface area contributed by atoms with Crippen molar-refractivity contribution in [1.82, 2.24) is 0 Å². The SMILES string of the molecule is COc1ccc(N(c2ccc([Si](C)(C)C)cc2)C(C)C)cc1. The second-order valence-electron chi connectivity index (χ2n) is 6.96. The van der Waals surface area contributed by atoms with Crippen molar-refractivity contribution in [3.63, 3.8) is 0 Å². The zero-order chi connectivity index (χ0) is 16.3. The summed E-state index contributed by atoms with van der Waals surface area (Å²) in [6, 6.07) is 17.7. The van der Waals surface area contributed by atoms with Crippen LogP contribution in [0.2, 0.25) is 19.6 Å². The molecule has 2 rings (SSSR count). The number of hydrogen-bond acceptors (Lipinski definition) is 2. The van der Waals surface area contributed by atoms with E-state index in [1.807, 2.05) is 12.1 Å². The van der Waals surface area contributed by atoms with Gasteiger partial charge in [0.2, 0.25) is 0 Å². The lowest BCUT2D eigenvalue weighted by atomic mass is 10.2. The van der Waals surface area contributed by atoms with Gasteiger partial charge in [-0.15, -0.1) is 0 Å². The first-order chi connectivity index (χ1) is 10.3. The molecule has 0 bridgehead atoms. The molecule has 0 radical (unpaired) electrons. The van der Waals surface area contributed by atoms with Gasteiger partial charge in [-0.05, 0) is 50.2 Å². The normalized spacial score (nSPS) is 11.6. The highest BCUT2D eigenvalue weighted by atomic mass is 28.3. The van der Waals surface area contributed by atoms with Gasteiger partial charge in [0.1, 0.15) is 5.75 Å². The van der Waals surface area contributed by atoms with Crippen molar-refractivity contribution in [3.8, 4) is 5.75 Å². The van der Waals surface area contributed by atoms with Crippen LogP contribution in [0.25, 0.3) is 0 Å². The summed E-state index contributed by atoms with van der Waals surface area (Å²) in [6.45, 7) is 11.6. The zero-order valence-electron chi connectivity index (χ0n) is 14.6. The maximum absolute atomic E-state index is 5.25.